The number of nitrogens with zero attached hydrogens (tertiary/aromatic N) is 1. The molecule has 2 rings (SSSR count). The second-order valence-corrected chi connectivity index (χ2v) is 4.63. The van der Waals surface area contributed by atoms with E-state index in [0.717, 1.165) is 19.4 Å². The van der Waals surface area contributed by atoms with Crippen molar-refractivity contribution in [2.75, 3.05) is 19.8 Å². The molecule has 0 spiro atoms. The van der Waals surface area contributed by atoms with E-state index in [4.69, 9.17) is 4.74 Å². The van der Waals surface area contributed by atoms with Gasteiger partial charge in [-0.15, -0.1) is 0 Å². The van der Waals surface area contributed by atoms with Gasteiger partial charge in [0.05, 0.1) is 11.1 Å². The summed E-state index contributed by atoms with van der Waals surface area (Å²) in [5, 5.41) is 0. The molecular weight excluding hydrogens is 242 g/mol. The summed E-state index contributed by atoms with van der Waals surface area (Å²) in [5.41, 5.74) is 1.03. The first-order chi connectivity index (χ1) is 9.25. The Kier molecular flexibility index (Phi) is 4.68. The van der Waals surface area contributed by atoms with Gasteiger partial charge in [-0.25, -0.2) is 0 Å². The number of benzene rings is 1. The number of carbonyl (C=O) groups excluding carboxylic acids is 2. The van der Waals surface area contributed by atoms with Gasteiger partial charge in [0.2, 0.25) is 0 Å². The summed E-state index contributed by atoms with van der Waals surface area (Å²) in [5.74, 6) is -0.372. The maximum Gasteiger partial charge on any atom is 0.261 e. The van der Waals surface area contributed by atoms with Crippen molar-refractivity contribution in [1.29, 1.82) is 0 Å². The van der Waals surface area contributed by atoms with Gasteiger partial charge in [-0.05, 0) is 25.0 Å². The molecule has 102 valence electrons. The van der Waals surface area contributed by atoms with E-state index in [9.17, 15) is 9.59 Å². The van der Waals surface area contributed by atoms with Gasteiger partial charge in [-0.1, -0.05) is 25.5 Å². The highest BCUT2D eigenvalue weighted by atomic mass is 16.5. The third kappa shape index (κ3) is 3.01. The Morgan fingerprint density at radius 1 is 1.00 bits per heavy atom. The number of rotatable bonds is 7. The summed E-state index contributed by atoms with van der Waals surface area (Å²) in [6.45, 7) is 3.88. The minimum Gasteiger partial charge on any atom is -0.381 e. The highest BCUT2D eigenvalue weighted by Crippen LogP contribution is 2.22. The zero-order valence-corrected chi connectivity index (χ0v) is 11.2. The van der Waals surface area contributed by atoms with Crippen LogP contribution in [-0.4, -0.2) is 36.5 Å². The van der Waals surface area contributed by atoms with Gasteiger partial charge >= 0.3 is 0 Å². The summed E-state index contributed by atoms with van der Waals surface area (Å²) in [6, 6.07) is 6.96. The molecule has 0 aliphatic carbocycles. The first-order valence-corrected chi connectivity index (χ1v) is 6.78. The van der Waals surface area contributed by atoms with Crippen LogP contribution >= 0.6 is 0 Å². The summed E-state index contributed by atoms with van der Waals surface area (Å²) in [6.07, 6.45) is 2.85. The predicted molar refractivity (Wildman–Crippen MR) is 72.2 cm³/mol. The molecule has 2 amide bonds. The van der Waals surface area contributed by atoms with Gasteiger partial charge in [0.1, 0.15) is 0 Å². The average Bonchev–Trinajstić information content (AvgIpc) is 2.68. The maximum atomic E-state index is 12.0. The molecule has 0 fully saturated rings. The molecule has 0 saturated heterocycles. The van der Waals surface area contributed by atoms with Crippen LogP contribution in [0.2, 0.25) is 0 Å². The van der Waals surface area contributed by atoms with Crippen molar-refractivity contribution in [3.05, 3.63) is 35.4 Å². The predicted octanol–water partition coefficient (Wildman–Crippen LogP) is 2.49. The Bertz CT molecular complexity index is 435. The number of amides is 2. The van der Waals surface area contributed by atoms with Crippen molar-refractivity contribution in [2.45, 2.75) is 26.2 Å². The molecule has 1 heterocycles. The van der Waals surface area contributed by atoms with Gasteiger partial charge in [-0.2, -0.15) is 0 Å². The fourth-order valence-corrected chi connectivity index (χ4v) is 2.12. The van der Waals surface area contributed by atoms with Crippen molar-refractivity contribution in [3.63, 3.8) is 0 Å². The zero-order valence-electron chi connectivity index (χ0n) is 11.2. The molecule has 1 aliphatic heterocycles. The van der Waals surface area contributed by atoms with E-state index in [0.29, 0.717) is 30.7 Å². The maximum absolute atomic E-state index is 12.0. The number of imide groups is 1. The van der Waals surface area contributed by atoms with Crippen molar-refractivity contribution < 1.29 is 14.3 Å². The van der Waals surface area contributed by atoms with Crippen LogP contribution in [0.5, 0.6) is 0 Å². The number of carbonyl (C=O) groups is 2. The van der Waals surface area contributed by atoms with Crippen molar-refractivity contribution in [2.24, 2.45) is 0 Å². The second-order valence-electron chi connectivity index (χ2n) is 4.63. The van der Waals surface area contributed by atoms with Crippen LogP contribution in [0.3, 0.4) is 0 Å². The minimum absolute atomic E-state index is 0.186. The van der Waals surface area contributed by atoms with E-state index < -0.39 is 0 Å². The van der Waals surface area contributed by atoms with Gasteiger partial charge in [-0.3, -0.25) is 14.5 Å². The summed E-state index contributed by atoms with van der Waals surface area (Å²) in [7, 11) is 0. The number of fused-ring (bicyclic) bond motifs is 1. The summed E-state index contributed by atoms with van der Waals surface area (Å²) in [4.78, 5) is 25.4. The Labute approximate surface area is 113 Å². The molecule has 0 saturated carbocycles. The Morgan fingerprint density at radius 3 is 2.16 bits per heavy atom. The van der Waals surface area contributed by atoms with E-state index in [1.807, 2.05) is 0 Å². The molecule has 1 aromatic carbocycles. The van der Waals surface area contributed by atoms with Crippen LogP contribution in [0, 0.1) is 0 Å². The first kappa shape index (κ1) is 13.7. The minimum atomic E-state index is -0.186. The summed E-state index contributed by atoms with van der Waals surface area (Å²) >= 11 is 0. The van der Waals surface area contributed by atoms with Crippen molar-refractivity contribution in [3.8, 4) is 0 Å². The number of unbranched alkanes of at least 4 members (excludes halogenated alkanes) is 1. The Balaban J connectivity index is 1.83. The first-order valence-electron chi connectivity index (χ1n) is 6.78. The molecule has 0 bridgehead atoms. The molecule has 4 heteroatoms. The lowest BCUT2D eigenvalue weighted by Gasteiger charge is -2.13. The third-order valence-electron chi connectivity index (χ3n) is 3.19. The third-order valence-corrected chi connectivity index (χ3v) is 3.19. The Morgan fingerprint density at radius 2 is 1.58 bits per heavy atom. The van der Waals surface area contributed by atoms with Crippen LogP contribution in [0.1, 0.15) is 46.9 Å². The topological polar surface area (TPSA) is 46.6 Å². The smallest absolute Gasteiger partial charge is 0.261 e. The van der Waals surface area contributed by atoms with E-state index in [1.165, 1.54) is 4.90 Å². The highest BCUT2D eigenvalue weighted by Gasteiger charge is 2.34. The molecule has 0 radical (unpaired) electrons. The number of hydrogen-bond acceptors (Lipinski definition) is 3. The highest BCUT2D eigenvalue weighted by molar-refractivity contribution is 6.21. The molecular formula is C15H19NO3. The van der Waals surface area contributed by atoms with Crippen molar-refractivity contribution >= 4 is 11.8 Å². The largest absolute Gasteiger partial charge is 0.381 e. The van der Waals surface area contributed by atoms with Crippen molar-refractivity contribution in [1.82, 2.24) is 4.90 Å². The lowest BCUT2D eigenvalue weighted by molar-refractivity contribution is 0.0625. The van der Waals surface area contributed by atoms with Crippen LogP contribution in [0.4, 0.5) is 0 Å². The van der Waals surface area contributed by atoms with Gasteiger partial charge in [0.15, 0.2) is 0 Å². The van der Waals surface area contributed by atoms with E-state index >= 15 is 0 Å². The molecule has 0 aromatic heterocycles. The fourth-order valence-electron chi connectivity index (χ4n) is 2.12. The Hall–Kier alpha value is -1.68. The molecule has 4 nitrogen and oxygen atoms in total. The van der Waals surface area contributed by atoms with Crippen LogP contribution in [0.15, 0.2) is 24.3 Å². The summed E-state index contributed by atoms with van der Waals surface area (Å²) < 4.78 is 5.43. The fraction of sp³-hybridized carbons (Fsp3) is 0.467. The molecule has 19 heavy (non-hydrogen) atoms. The number of hydrogen-bond donors (Lipinski definition) is 0. The van der Waals surface area contributed by atoms with Crippen LogP contribution in [0.25, 0.3) is 0 Å². The SMILES string of the molecule is CCCCOCCCN1C(=O)c2ccccc2C1=O. The quantitative estimate of drug-likeness (QED) is 0.559. The molecule has 0 unspecified atom stereocenters. The second kappa shape index (κ2) is 6.48. The van der Waals surface area contributed by atoms with Gasteiger partial charge < -0.3 is 4.74 Å². The molecule has 0 atom stereocenters. The van der Waals surface area contributed by atoms with Gasteiger partial charge in [0, 0.05) is 19.8 Å². The van der Waals surface area contributed by atoms with Crippen LogP contribution in [-0.2, 0) is 4.74 Å². The molecule has 1 aliphatic rings. The standard InChI is InChI=1S/C15H19NO3/c1-2-3-10-19-11-6-9-16-14(17)12-7-4-5-8-13(12)15(16)18/h4-5,7-8H,2-3,6,9-11H2,1H3. The van der Waals surface area contributed by atoms with E-state index in [1.54, 1.807) is 24.3 Å². The molecule has 0 N–H and O–H groups in total. The monoisotopic (exact) mass is 261 g/mol. The molecule has 1 aromatic rings. The average molecular weight is 261 g/mol. The van der Waals surface area contributed by atoms with Crippen LogP contribution < -0.4 is 0 Å². The van der Waals surface area contributed by atoms with Gasteiger partial charge in [0.25, 0.3) is 11.8 Å². The zero-order chi connectivity index (χ0) is 13.7. The lowest BCUT2D eigenvalue weighted by atomic mass is 10.1. The number of ether oxygens (including phenoxy) is 1. The normalized spacial score (nSPS) is 14.1. The van der Waals surface area contributed by atoms with E-state index in [-0.39, 0.29) is 11.8 Å². The van der Waals surface area contributed by atoms with E-state index in [2.05, 4.69) is 6.92 Å². The lowest BCUT2D eigenvalue weighted by Crippen LogP contribution is -2.31.